The topological polar surface area (TPSA) is 104 Å². The van der Waals surface area contributed by atoms with Crippen LogP contribution in [-0.2, 0) is 24.1 Å². The first-order valence-electron chi connectivity index (χ1n) is 8.57. The molecule has 0 saturated carbocycles. The second-order valence-electron chi connectivity index (χ2n) is 8.55. The van der Waals surface area contributed by atoms with E-state index < -0.39 is 39.7 Å². The number of pyridine rings is 1. The summed E-state index contributed by atoms with van der Waals surface area (Å²) in [5.74, 6) is -0.755. The van der Waals surface area contributed by atoms with Crippen LogP contribution in [0, 0.1) is 5.41 Å². The number of aromatic nitrogens is 1. The van der Waals surface area contributed by atoms with Crippen LogP contribution in [0.5, 0.6) is 5.88 Å². The zero-order chi connectivity index (χ0) is 20.8. The van der Waals surface area contributed by atoms with Gasteiger partial charge in [-0.25, -0.2) is 18.1 Å². The average Bonchev–Trinajstić information content (AvgIpc) is 2.73. The number of nitrogens with zero attached hydrogens (tertiary/aromatic N) is 1. The van der Waals surface area contributed by atoms with E-state index >= 15 is 0 Å². The van der Waals surface area contributed by atoms with Gasteiger partial charge in [-0.05, 0) is 33.8 Å². The second-order valence-corrected chi connectivity index (χ2v) is 10.2. The monoisotopic (exact) mass is 398 g/mol. The molecule has 0 bridgehead atoms. The Hall–Kier alpha value is -1.65. The first-order valence-corrected chi connectivity index (χ1v) is 10.1. The summed E-state index contributed by atoms with van der Waals surface area (Å²) in [7, 11) is -3.68. The fourth-order valence-electron chi connectivity index (χ4n) is 2.23. The minimum Gasteiger partial charge on any atom is -0.480 e. The number of ether oxygens (including phenoxy) is 1. The van der Waals surface area contributed by atoms with Gasteiger partial charge >= 0.3 is 7.12 Å². The van der Waals surface area contributed by atoms with E-state index in [4.69, 9.17) is 14.0 Å². The largest absolute Gasteiger partial charge is 0.496 e. The molecule has 0 radical (unpaired) electrons. The molecular weight excluding hydrogens is 371 g/mol. The van der Waals surface area contributed by atoms with Gasteiger partial charge in [0.1, 0.15) is 4.90 Å². The average molecular weight is 398 g/mol. The van der Waals surface area contributed by atoms with Gasteiger partial charge in [0.25, 0.3) is 10.0 Å². The highest BCUT2D eigenvalue weighted by atomic mass is 32.2. The Bertz CT molecular complexity index is 829. The van der Waals surface area contributed by atoms with Gasteiger partial charge in [-0.1, -0.05) is 20.8 Å². The Labute approximate surface area is 161 Å². The summed E-state index contributed by atoms with van der Waals surface area (Å²) in [4.78, 5) is 16.0. The molecule has 1 fully saturated rings. The molecule has 1 aromatic heterocycles. The first kappa shape index (κ1) is 21.7. The lowest BCUT2D eigenvalue weighted by atomic mass is 9.80. The van der Waals surface area contributed by atoms with Crippen LogP contribution in [-0.4, -0.2) is 44.7 Å². The maximum Gasteiger partial charge on any atom is 0.496 e. The standard InChI is InChI=1S/C17H27BN2O6S/c1-15(2,3)14(21)20-27(22,23)12-9-11(10-19-13(12)24-8)18-25-16(4,5)17(6,7)26-18/h9-10H,1-8H3,(H,20,21). The van der Waals surface area contributed by atoms with Gasteiger partial charge in [-0.3, -0.25) is 4.79 Å². The molecule has 27 heavy (non-hydrogen) atoms. The molecule has 1 N–H and O–H groups in total. The minimum absolute atomic E-state index is 0.121. The molecule has 0 unspecified atom stereocenters. The highest BCUT2D eigenvalue weighted by molar-refractivity contribution is 7.90. The number of nitrogens with one attached hydrogen (secondary N) is 1. The van der Waals surface area contributed by atoms with Gasteiger partial charge < -0.3 is 14.0 Å². The molecule has 0 aromatic carbocycles. The van der Waals surface area contributed by atoms with Crippen molar-refractivity contribution in [2.24, 2.45) is 5.41 Å². The number of carbonyl (C=O) groups is 1. The van der Waals surface area contributed by atoms with Crippen molar-refractivity contribution in [3.05, 3.63) is 12.3 Å². The molecule has 10 heteroatoms. The van der Waals surface area contributed by atoms with Crippen LogP contribution in [0.4, 0.5) is 0 Å². The maximum absolute atomic E-state index is 12.8. The lowest BCUT2D eigenvalue weighted by Gasteiger charge is -2.32. The number of hydrogen-bond donors (Lipinski definition) is 1. The number of hydrogen-bond acceptors (Lipinski definition) is 7. The second kappa shape index (κ2) is 6.75. The Morgan fingerprint density at radius 1 is 1.19 bits per heavy atom. The van der Waals surface area contributed by atoms with Gasteiger partial charge in [0, 0.05) is 17.1 Å². The van der Waals surface area contributed by atoms with E-state index in [1.165, 1.54) is 19.4 Å². The van der Waals surface area contributed by atoms with Crippen molar-refractivity contribution in [1.82, 2.24) is 9.71 Å². The summed E-state index contributed by atoms with van der Waals surface area (Å²) in [5.41, 5.74) is -1.64. The number of sulfonamides is 1. The summed E-state index contributed by atoms with van der Waals surface area (Å²) < 4.78 is 44.5. The predicted molar refractivity (Wildman–Crippen MR) is 101 cm³/mol. The summed E-state index contributed by atoms with van der Waals surface area (Å²) in [6.07, 6.45) is 1.44. The molecule has 8 nitrogen and oxygen atoms in total. The summed E-state index contributed by atoms with van der Waals surface area (Å²) in [6, 6.07) is 1.35. The highest BCUT2D eigenvalue weighted by Crippen LogP contribution is 2.36. The third-order valence-electron chi connectivity index (χ3n) is 4.76. The van der Waals surface area contributed by atoms with Crippen LogP contribution in [0.2, 0.25) is 0 Å². The van der Waals surface area contributed by atoms with Crippen LogP contribution in [0.15, 0.2) is 17.2 Å². The van der Waals surface area contributed by atoms with Crippen LogP contribution in [0.25, 0.3) is 0 Å². The third kappa shape index (κ3) is 4.28. The zero-order valence-corrected chi connectivity index (χ0v) is 17.9. The molecule has 2 rings (SSSR count). The van der Waals surface area contributed by atoms with Gasteiger partial charge in [0.2, 0.25) is 11.8 Å². The molecule has 1 amide bonds. The Morgan fingerprint density at radius 3 is 2.15 bits per heavy atom. The first-order chi connectivity index (χ1) is 12.1. The molecule has 1 saturated heterocycles. The quantitative estimate of drug-likeness (QED) is 0.761. The molecule has 0 aliphatic carbocycles. The van der Waals surface area contributed by atoms with Crippen molar-refractivity contribution >= 4 is 28.5 Å². The predicted octanol–water partition coefficient (Wildman–Crippen LogP) is 1.24. The van der Waals surface area contributed by atoms with Crippen molar-refractivity contribution in [1.29, 1.82) is 0 Å². The fourth-order valence-corrected chi connectivity index (χ4v) is 3.55. The van der Waals surface area contributed by atoms with Crippen LogP contribution in [0.3, 0.4) is 0 Å². The van der Waals surface area contributed by atoms with Gasteiger partial charge in [-0.2, -0.15) is 0 Å². The smallest absolute Gasteiger partial charge is 0.480 e. The highest BCUT2D eigenvalue weighted by Gasteiger charge is 2.52. The number of carbonyl (C=O) groups excluding carboxylic acids is 1. The van der Waals surface area contributed by atoms with Gasteiger partial charge in [0.15, 0.2) is 0 Å². The Morgan fingerprint density at radius 2 is 1.70 bits per heavy atom. The molecule has 150 valence electrons. The van der Waals surface area contributed by atoms with Crippen molar-refractivity contribution in [3.8, 4) is 5.88 Å². The summed E-state index contributed by atoms with van der Waals surface area (Å²) in [5, 5.41) is 0. The Balaban J connectivity index is 2.44. The normalized spacial score (nSPS) is 19.0. The number of rotatable bonds is 4. The van der Waals surface area contributed by atoms with E-state index in [2.05, 4.69) is 9.71 Å². The maximum atomic E-state index is 12.8. The molecule has 1 aliphatic rings. The third-order valence-corrected chi connectivity index (χ3v) is 6.08. The fraction of sp³-hybridized carbons (Fsp3) is 0.647. The zero-order valence-electron chi connectivity index (χ0n) is 17.0. The van der Waals surface area contributed by atoms with Crippen LogP contribution < -0.4 is 14.9 Å². The van der Waals surface area contributed by atoms with Crippen molar-refractivity contribution in [3.63, 3.8) is 0 Å². The molecule has 1 aromatic rings. The molecule has 0 atom stereocenters. The van der Waals surface area contributed by atoms with Crippen molar-refractivity contribution in [2.45, 2.75) is 64.6 Å². The van der Waals surface area contributed by atoms with E-state index in [1.807, 2.05) is 27.7 Å². The van der Waals surface area contributed by atoms with Crippen LogP contribution in [0.1, 0.15) is 48.5 Å². The van der Waals surface area contributed by atoms with Gasteiger partial charge in [0.05, 0.1) is 18.3 Å². The Kier molecular flexibility index (Phi) is 5.42. The van der Waals surface area contributed by atoms with E-state index in [9.17, 15) is 13.2 Å². The van der Waals surface area contributed by atoms with E-state index in [-0.39, 0.29) is 10.8 Å². The summed E-state index contributed by atoms with van der Waals surface area (Å²) in [6.45, 7) is 12.4. The van der Waals surface area contributed by atoms with Crippen molar-refractivity contribution in [2.75, 3.05) is 7.11 Å². The lowest BCUT2D eigenvalue weighted by Crippen LogP contribution is -2.41. The van der Waals surface area contributed by atoms with E-state index in [1.54, 1.807) is 20.8 Å². The minimum atomic E-state index is -4.19. The molecular formula is C17H27BN2O6S. The van der Waals surface area contributed by atoms with E-state index in [0.29, 0.717) is 5.46 Å². The van der Waals surface area contributed by atoms with Crippen molar-refractivity contribution < 1.29 is 27.3 Å². The van der Waals surface area contributed by atoms with Gasteiger partial charge in [-0.15, -0.1) is 0 Å². The molecule has 2 heterocycles. The molecule has 0 spiro atoms. The number of amides is 1. The van der Waals surface area contributed by atoms with Crippen LogP contribution >= 0.6 is 0 Å². The summed E-state index contributed by atoms with van der Waals surface area (Å²) >= 11 is 0. The lowest BCUT2D eigenvalue weighted by molar-refractivity contribution is -0.126. The molecule has 1 aliphatic heterocycles. The van der Waals surface area contributed by atoms with E-state index in [0.717, 1.165) is 0 Å². The SMILES string of the molecule is COc1ncc(B2OC(C)(C)C(C)(C)O2)cc1S(=O)(=O)NC(=O)C(C)(C)C. The number of methoxy groups -OCH3 is 1.